The van der Waals surface area contributed by atoms with Crippen molar-refractivity contribution in [1.82, 2.24) is 24.9 Å². The van der Waals surface area contributed by atoms with Gasteiger partial charge in [-0.2, -0.15) is 5.10 Å². The lowest BCUT2D eigenvalue weighted by atomic mass is 10.0. The van der Waals surface area contributed by atoms with Gasteiger partial charge in [-0.3, -0.25) is 0 Å². The van der Waals surface area contributed by atoms with Crippen molar-refractivity contribution in [3.63, 3.8) is 0 Å². The van der Waals surface area contributed by atoms with Crippen molar-refractivity contribution in [1.29, 1.82) is 0 Å². The number of halogens is 1. The number of rotatable bonds is 3. The first-order chi connectivity index (χ1) is 16.6. The molecule has 2 aromatic carbocycles. The van der Waals surface area contributed by atoms with E-state index in [1.165, 1.54) is 5.69 Å². The minimum Gasteiger partial charge on any atom is -0.364 e. The highest BCUT2D eigenvalue weighted by atomic mass is 127. The maximum absolute atomic E-state index is 4.81. The molecule has 5 aromatic rings. The number of benzene rings is 2. The topological polar surface area (TPSA) is 58.3 Å². The highest BCUT2D eigenvalue weighted by molar-refractivity contribution is 14.1. The zero-order valence-electron chi connectivity index (χ0n) is 19.1. The summed E-state index contributed by atoms with van der Waals surface area (Å²) in [6, 6.07) is 20.1. The first kappa shape index (κ1) is 21.5. The number of fused-ring (bicyclic) bond motifs is 2. The standard InChI is InChI=1S/C27H25IN6/c1-17-12-29-13-18(2)34(17)21-8-6-19(7-9-21)20-14-30-27-24(15-31-33(27)16-20)22-4-3-5-25-23(22)10-11-26(28)32-25/h3-11,14-18,29H,12-13H2,1-2H3/t17-,18+. The van der Waals surface area contributed by atoms with Crippen LogP contribution < -0.4 is 10.2 Å². The Balaban J connectivity index is 1.35. The van der Waals surface area contributed by atoms with Crippen LogP contribution in [0.3, 0.4) is 0 Å². The molecule has 7 heteroatoms. The van der Waals surface area contributed by atoms with Crippen LogP contribution in [-0.2, 0) is 0 Å². The molecular weight excluding hydrogens is 535 g/mol. The largest absolute Gasteiger partial charge is 0.364 e. The molecule has 3 aromatic heterocycles. The van der Waals surface area contributed by atoms with Crippen LogP contribution in [-0.4, -0.2) is 44.8 Å². The van der Waals surface area contributed by atoms with Gasteiger partial charge in [0, 0.05) is 59.8 Å². The van der Waals surface area contributed by atoms with E-state index in [0.717, 1.165) is 55.6 Å². The molecule has 1 aliphatic rings. The molecule has 34 heavy (non-hydrogen) atoms. The van der Waals surface area contributed by atoms with Crippen molar-refractivity contribution < 1.29 is 0 Å². The molecule has 6 nitrogen and oxygen atoms in total. The molecule has 0 amide bonds. The molecule has 4 heterocycles. The van der Waals surface area contributed by atoms with E-state index in [1.807, 2.05) is 35.1 Å². The summed E-state index contributed by atoms with van der Waals surface area (Å²) < 4.78 is 2.86. The van der Waals surface area contributed by atoms with Crippen molar-refractivity contribution in [3.05, 3.63) is 76.9 Å². The molecule has 1 fully saturated rings. The van der Waals surface area contributed by atoms with Gasteiger partial charge >= 0.3 is 0 Å². The van der Waals surface area contributed by atoms with Crippen molar-refractivity contribution in [2.75, 3.05) is 18.0 Å². The van der Waals surface area contributed by atoms with Gasteiger partial charge < -0.3 is 10.2 Å². The Labute approximate surface area is 212 Å². The summed E-state index contributed by atoms with van der Waals surface area (Å²) in [4.78, 5) is 12.0. The molecule has 1 N–H and O–H groups in total. The third kappa shape index (κ3) is 3.73. The van der Waals surface area contributed by atoms with Gasteiger partial charge in [-0.1, -0.05) is 24.3 Å². The second-order valence-electron chi connectivity index (χ2n) is 8.99. The minimum absolute atomic E-state index is 0.475. The molecule has 0 saturated carbocycles. The average molecular weight is 560 g/mol. The normalized spacial score (nSPS) is 18.6. The van der Waals surface area contributed by atoms with E-state index in [9.17, 15) is 0 Å². The molecule has 6 rings (SSSR count). The molecule has 0 aliphatic carbocycles. The molecule has 0 bridgehead atoms. The molecule has 1 aliphatic heterocycles. The number of hydrogen-bond acceptors (Lipinski definition) is 5. The number of nitrogens with one attached hydrogen (secondary N) is 1. The molecule has 0 unspecified atom stereocenters. The number of piperazine rings is 1. The summed E-state index contributed by atoms with van der Waals surface area (Å²) in [5, 5.41) is 9.24. The lowest BCUT2D eigenvalue weighted by Crippen LogP contribution is -2.55. The summed E-state index contributed by atoms with van der Waals surface area (Å²) in [5.41, 5.74) is 7.37. The van der Waals surface area contributed by atoms with Gasteiger partial charge in [-0.05, 0) is 77.9 Å². The number of nitrogens with zero attached hydrogens (tertiary/aromatic N) is 5. The van der Waals surface area contributed by atoms with Crippen molar-refractivity contribution in [2.24, 2.45) is 0 Å². The number of aromatic nitrogens is 4. The van der Waals surface area contributed by atoms with E-state index in [2.05, 4.69) is 99.3 Å². The maximum Gasteiger partial charge on any atom is 0.162 e. The van der Waals surface area contributed by atoms with E-state index >= 15 is 0 Å². The Kier molecular flexibility index (Phi) is 5.45. The molecule has 0 radical (unpaired) electrons. The second kappa shape index (κ2) is 8.63. The van der Waals surface area contributed by atoms with Gasteiger partial charge in [-0.25, -0.2) is 14.5 Å². The lowest BCUT2D eigenvalue weighted by molar-refractivity contribution is 0.432. The van der Waals surface area contributed by atoms with E-state index in [1.54, 1.807) is 0 Å². The molecule has 2 atom stereocenters. The summed E-state index contributed by atoms with van der Waals surface area (Å²) in [7, 11) is 0. The third-order valence-corrected chi connectivity index (χ3v) is 7.27. The van der Waals surface area contributed by atoms with Crippen LogP contribution in [0.15, 0.2) is 73.2 Å². The Morgan fingerprint density at radius 1 is 0.882 bits per heavy atom. The van der Waals surface area contributed by atoms with Crippen LogP contribution in [0.4, 0.5) is 5.69 Å². The Bertz CT molecular complexity index is 1480. The Morgan fingerprint density at radius 3 is 2.47 bits per heavy atom. The van der Waals surface area contributed by atoms with Gasteiger partial charge in [-0.15, -0.1) is 0 Å². The number of hydrogen-bond donors (Lipinski definition) is 1. The second-order valence-corrected chi connectivity index (χ2v) is 10.1. The molecular formula is C27H25IN6. The number of anilines is 1. The van der Waals surface area contributed by atoms with Crippen LogP contribution in [0.1, 0.15) is 13.8 Å². The van der Waals surface area contributed by atoms with Gasteiger partial charge in [0.25, 0.3) is 0 Å². The zero-order chi connectivity index (χ0) is 23.2. The van der Waals surface area contributed by atoms with Gasteiger partial charge in [0.15, 0.2) is 5.65 Å². The summed E-state index contributed by atoms with van der Waals surface area (Å²) in [6.07, 6.45) is 5.90. The van der Waals surface area contributed by atoms with Crippen LogP contribution >= 0.6 is 22.6 Å². The summed E-state index contributed by atoms with van der Waals surface area (Å²) in [5.74, 6) is 0. The Morgan fingerprint density at radius 2 is 1.68 bits per heavy atom. The fourth-order valence-corrected chi connectivity index (χ4v) is 5.49. The van der Waals surface area contributed by atoms with Crippen molar-refractivity contribution in [2.45, 2.75) is 25.9 Å². The van der Waals surface area contributed by atoms with Gasteiger partial charge in [0.05, 0.1) is 11.7 Å². The number of pyridine rings is 1. The smallest absolute Gasteiger partial charge is 0.162 e. The monoisotopic (exact) mass is 560 g/mol. The van der Waals surface area contributed by atoms with E-state index in [-0.39, 0.29) is 0 Å². The lowest BCUT2D eigenvalue weighted by Gasteiger charge is -2.41. The van der Waals surface area contributed by atoms with Crippen molar-refractivity contribution in [3.8, 4) is 22.3 Å². The van der Waals surface area contributed by atoms with E-state index < -0.39 is 0 Å². The summed E-state index contributed by atoms with van der Waals surface area (Å²) >= 11 is 2.25. The first-order valence-corrected chi connectivity index (χ1v) is 12.6. The highest BCUT2D eigenvalue weighted by Gasteiger charge is 2.24. The van der Waals surface area contributed by atoms with Crippen LogP contribution in [0.5, 0.6) is 0 Å². The minimum atomic E-state index is 0.475. The quantitative estimate of drug-likeness (QED) is 0.237. The third-order valence-electron chi connectivity index (χ3n) is 6.67. The first-order valence-electron chi connectivity index (χ1n) is 11.6. The maximum atomic E-state index is 4.81. The fraction of sp³-hybridized carbons (Fsp3) is 0.222. The SMILES string of the molecule is C[C@@H]1CNC[C@H](C)N1c1ccc(-c2cnc3c(-c4cccc5nc(I)ccc45)cnn3c2)cc1. The highest BCUT2D eigenvalue weighted by Crippen LogP contribution is 2.32. The van der Waals surface area contributed by atoms with Crippen LogP contribution in [0, 0.1) is 3.70 Å². The molecule has 0 spiro atoms. The molecule has 1 saturated heterocycles. The van der Waals surface area contributed by atoms with Crippen LogP contribution in [0.25, 0.3) is 38.8 Å². The predicted octanol–water partition coefficient (Wildman–Crippen LogP) is 5.40. The Hall–Kier alpha value is -3.04. The van der Waals surface area contributed by atoms with E-state index in [4.69, 9.17) is 4.98 Å². The van der Waals surface area contributed by atoms with Crippen molar-refractivity contribution >= 4 is 44.8 Å². The fourth-order valence-electron chi connectivity index (χ4n) is 5.05. The van der Waals surface area contributed by atoms with Gasteiger partial charge in [0.2, 0.25) is 0 Å². The van der Waals surface area contributed by atoms with E-state index in [0.29, 0.717) is 12.1 Å². The van der Waals surface area contributed by atoms with Crippen LogP contribution in [0.2, 0.25) is 0 Å². The molecule has 170 valence electrons. The van der Waals surface area contributed by atoms with Gasteiger partial charge in [0.1, 0.15) is 3.70 Å². The predicted molar refractivity (Wildman–Crippen MR) is 146 cm³/mol. The average Bonchev–Trinajstić information content (AvgIpc) is 3.27. The summed E-state index contributed by atoms with van der Waals surface area (Å²) in [6.45, 7) is 6.58. The zero-order valence-corrected chi connectivity index (χ0v) is 21.3.